The molecule has 0 aromatic carbocycles. The molecule has 0 atom stereocenters. The maximum Gasteiger partial charge on any atom is 0 e. The van der Waals surface area contributed by atoms with Crippen LogP contribution in [0.2, 0.25) is 0 Å². The minimum atomic E-state index is 0. The summed E-state index contributed by atoms with van der Waals surface area (Å²) in [6.45, 7) is 0. The minimum absolute atomic E-state index is 0. The summed E-state index contributed by atoms with van der Waals surface area (Å²) in [7, 11) is 0. The SMILES string of the molecule is [Ni].[Ni].[Ni].[Pd]. The van der Waals surface area contributed by atoms with Crippen molar-refractivity contribution in [2.24, 2.45) is 0 Å². The molecule has 0 saturated heterocycles. The first-order valence-electron chi connectivity index (χ1n) is 0. The third-order valence-electron chi connectivity index (χ3n) is 0. The van der Waals surface area contributed by atoms with Crippen LogP contribution in [-0.2, 0) is 69.9 Å². The van der Waals surface area contributed by atoms with Crippen LogP contribution in [0.1, 0.15) is 0 Å². The average molecular weight is 282 g/mol. The number of hydrogen-bond acceptors (Lipinski definition) is 0. The first kappa shape index (κ1) is 35.4. The molecule has 0 aromatic rings. The fourth-order valence-corrected chi connectivity index (χ4v) is 0. The summed E-state index contributed by atoms with van der Waals surface area (Å²) in [6.07, 6.45) is 0. The standard InChI is InChI=1S/3Ni.Pd. The number of rotatable bonds is 0. The van der Waals surface area contributed by atoms with Gasteiger partial charge in [0.1, 0.15) is 0 Å². The first-order valence-corrected chi connectivity index (χ1v) is 0. The van der Waals surface area contributed by atoms with Crippen molar-refractivity contribution in [3.8, 4) is 0 Å². The average Bonchev–Trinajstić information content (AvgIpc) is 0. The molecule has 4 heteroatoms. The largest absolute Gasteiger partial charge is 0 e. The molecule has 0 aliphatic carbocycles. The van der Waals surface area contributed by atoms with Gasteiger partial charge in [0.15, 0.2) is 0 Å². The predicted molar refractivity (Wildman–Crippen MR) is 0 cm³/mol. The molecular formula is Ni3Pd. The Labute approximate surface area is 69.3 Å². The van der Waals surface area contributed by atoms with Gasteiger partial charge >= 0.3 is 0 Å². The Morgan fingerprint density at radius 3 is 0.500 bits per heavy atom. The van der Waals surface area contributed by atoms with E-state index in [1.807, 2.05) is 0 Å². The third kappa shape index (κ3) is 8.91. The van der Waals surface area contributed by atoms with Gasteiger partial charge in [-0.2, -0.15) is 0 Å². The van der Waals surface area contributed by atoms with Crippen molar-refractivity contribution >= 4 is 0 Å². The van der Waals surface area contributed by atoms with Crippen LogP contribution >= 0.6 is 0 Å². The third-order valence-corrected chi connectivity index (χ3v) is 0. The molecule has 0 aliphatic rings. The topological polar surface area (TPSA) is 0 Å². The van der Waals surface area contributed by atoms with Crippen LogP contribution in [0.4, 0.5) is 0 Å². The normalized spacial score (nSPS) is 0. The fourth-order valence-electron chi connectivity index (χ4n) is 0. The molecule has 0 fully saturated rings. The van der Waals surface area contributed by atoms with E-state index in [4.69, 9.17) is 0 Å². The smallest absolute Gasteiger partial charge is 0 e. The van der Waals surface area contributed by atoms with E-state index >= 15 is 0 Å². The Balaban J connectivity index is 0. The van der Waals surface area contributed by atoms with E-state index in [0.717, 1.165) is 0 Å². The summed E-state index contributed by atoms with van der Waals surface area (Å²) in [4.78, 5) is 0. The molecule has 0 nitrogen and oxygen atoms in total. The quantitative estimate of drug-likeness (QED) is 0.548. The Morgan fingerprint density at radius 1 is 0.500 bits per heavy atom. The van der Waals surface area contributed by atoms with Gasteiger partial charge in [0, 0.05) is 69.9 Å². The van der Waals surface area contributed by atoms with Crippen molar-refractivity contribution in [3.05, 3.63) is 0 Å². The summed E-state index contributed by atoms with van der Waals surface area (Å²) in [6, 6.07) is 0. The molecule has 4 heavy (non-hydrogen) atoms. The second kappa shape index (κ2) is 19.2. The molecule has 0 aromatic heterocycles. The monoisotopic (exact) mass is 280 g/mol. The number of hydrogen-bond donors (Lipinski definition) is 0. The van der Waals surface area contributed by atoms with Crippen LogP contribution in [0.3, 0.4) is 0 Å². The summed E-state index contributed by atoms with van der Waals surface area (Å²) in [5.74, 6) is 0. The second-order valence-electron chi connectivity index (χ2n) is 0. The molecule has 0 spiro atoms. The second-order valence-corrected chi connectivity index (χ2v) is 0. The van der Waals surface area contributed by atoms with Gasteiger partial charge in [0.25, 0.3) is 0 Å². The van der Waals surface area contributed by atoms with Crippen LogP contribution in [0.5, 0.6) is 0 Å². The van der Waals surface area contributed by atoms with Crippen LogP contribution in [0.15, 0.2) is 0 Å². The predicted octanol–water partition coefficient (Wildman–Crippen LogP) is -0.0100. The summed E-state index contributed by atoms with van der Waals surface area (Å²) >= 11 is 0. The van der Waals surface area contributed by atoms with E-state index in [-0.39, 0.29) is 69.9 Å². The maximum absolute atomic E-state index is 0. The first-order chi connectivity index (χ1) is 0. The Morgan fingerprint density at radius 2 is 0.500 bits per heavy atom. The zero-order chi connectivity index (χ0) is 0. The van der Waals surface area contributed by atoms with Crippen molar-refractivity contribution in [3.63, 3.8) is 0 Å². The van der Waals surface area contributed by atoms with Crippen molar-refractivity contribution < 1.29 is 69.9 Å². The van der Waals surface area contributed by atoms with E-state index in [2.05, 4.69) is 0 Å². The van der Waals surface area contributed by atoms with E-state index in [1.54, 1.807) is 0 Å². The zero-order valence-corrected chi connectivity index (χ0v) is 5.78. The molecular weight excluding hydrogens is 282 g/mol. The van der Waals surface area contributed by atoms with E-state index < -0.39 is 0 Å². The van der Waals surface area contributed by atoms with E-state index in [0.29, 0.717) is 0 Å². The molecule has 0 saturated carbocycles. The van der Waals surface area contributed by atoms with Gasteiger partial charge < -0.3 is 0 Å². The van der Waals surface area contributed by atoms with Gasteiger partial charge in [-0.3, -0.25) is 0 Å². The van der Waals surface area contributed by atoms with Gasteiger partial charge in [-0.25, -0.2) is 0 Å². The van der Waals surface area contributed by atoms with Gasteiger partial charge in [0.2, 0.25) is 0 Å². The Hall–Kier alpha value is 2.14. The molecule has 0 bridgehead atoms. The molecule has 0 amide bonds. The molecule has 40 valence electrons. The molecule has 0 aliphatic heterocycles. The zero-order valence-electron chi connectivity index (χ0n) is 1.26. The van der Waals surface area contributed by atoms with Crippen LogP contribution in [-0.4, -0.2) is 0 Å². The summed E-state index contributed by atoms with van der Waals surface area (Å²) in [5.41, 5.74) is 0. The molecule has 0 rings (SSSR count). The molecule has 0 radical (unpaired) electrons. The van der Waals surface area contributed by atoms with Crippen molar-refractivity contribution in [2.75, 3.05) is 0 Å². The van der Waals surface area contributed by atoms with Crippen LogP contribution < -0.4 is 0 Å². The van der Waals surface area contributed by atoms with Crippen molar-refractivity contribution in [2.45, 2.75) is 0 Å². The van der Waals surface area contributed by atoms with Gasteiger partial charge in [0.05, 0.1) is 0 Å². The van der Waals surface area contributed by atoms with Gasteiger partial charge in [-0.05, 0) is 0 Å². The minimum Gasteiger partial charge on any atom is 0 e. The molecule has 0 unspecified atom stereocenters. The Kier molecular flexibility index (Phi) is 170. The molecule has 0 heterocycles. The van der Waals surface area contributed by atoms with Gasteiger partial charge in [-0.1, -0.05) is 0 Å². The van der Waals surface area contributed by atoms with Gasteiger partial charge in [-0.15, -0.1) is 0 Å². The van der Waals surface area contributed by atoms with Crippen LogP contribution in [0.25, 0.3) is 0 Å². The van der Waals surface area contributed by atoms with Crippen molar-refractivity contribution in [1.82, 2.24) is 0 Å². The van der Waals surface area contributed by atoms with E-state index in [1.165, 1.54) is 0 Å². The van der Waals surface area contributed by atoms with E-state index in [9.17, 15) is 0 Å². The van der Waals surface area contributed by atoms with Crippen molar-refractivity contribution in [1.29, 1.82) is 0 Å². The fraction of sp³-hybridized carbons (Fsp3) is 0. The summed E-state index contributed by atoms with van der Waals surface area (Å²) < 4.78 is 0. The Bertz CT molecular complexity index is 3.25. The maximum atomic E-state index is 0. The summed E-state index contributed by atoms with van der Waals surface area (Å²) in [5, 5.41) is 0. The van der Waals surface area contributed by atoms with Crippen LogP contribution in [0, 0.1) is 0 Å². The molecule has 0 N–H and O–H groups in total.